The van der Waals surface area contributed by atoms with Crippen molar-refractivity contribution in [3.8, 4) is 0 Å². The minimum absolute atomic E-state index is 0.252. The van der Waals surface area contributed by atoms with Crippen molar-refractivity contribution < 1.29 is 14.6 Å². The van der Waals surface area contributed by atoms with Gasteiger partial charge in [-0.15, -0.1) is 0 Å². The predicted molar refractivity (Wildman–Crippen MR) is 115 cm³/mol. The molecule has 5 nitrogen and oxygen atoms in total. The minimum atomic E-state index is 0.252. The highest BCUT2D eigenvalue weighted by Gasteiger charge is 2.07. The van der Waals surface area contributed by atoms with Crippen molar-refractivity contribution in [3.05, 3.63) is 48.1 Å². The molecule has 0 amide bonds. The summed E-state index contributed by atoms with van der Waals surface area (Å²) < 4.78 is 11.6. The third-order valence-corrected chi connectivity index (χ3v) is 4.90. The Morgan fingerprint density at radius 1 is 1.00 bits per heavy atom. The van der Waals surface area contributed by atoms with Crippen LogP contribution in [0.15, 0.2) is 48.1 Å². The van der Waals surface area contributed by atoms with Gasteiger partial charge in [-0.2, -0.15) is 0 Å². The van der Waals surface area contributed by atoms with Gasteiger partial charge in [-0.25, -0.2) is 0 Å². The smallest absolute Gasteiger partial charge is 0.0713 e. The number of aliphatic hydroxyl groups excluding tert-OH is 1. The molecule has 0 aromatic carbocycles. The van der Waals surface area contributed by atoms with Crippen LogP contribution in [-0.4, -0.2) is 75.8 Å². The lowest BCUT2D eigenvalue weighted by Crippen LogP contribution is -2.35. The molecule has 0 saturated carbocycles. The van der Waals surface area contributed by atoms with E-state index in [0.29, 0.717) is 5.92 Å². The highest BCUT2D eigenvalue weighted by Crippen LogP contribution is 2.10. The van der Waals surface area contributed by atoms with E-state index in [-0.39, 0.29) is 6.61 Å². The first-order chi connectivity index (χ1) is 13.9. The zero-order valence-corrected chi connectivity index (χ0v) is 17.2. The molecular formula is C23H38N2O3. The largest absolute Gasteiger partial charge is 0.396 e. The standard InChI is InChI=1S/C23H38N2O3/c26-17-5-12-24-13-16-25(14-6-18-27-20-22-8-1-2-9-22)15-7-19-28-21-23-10-3-4-11-23/h1-3,8-11,22,24,26H,4-7,12-21H2. The lowest BCUT2D eigenvalue weighted by molar-refractivity contribution is 0.106. The fourth-order valence-electron chi connectivity index (χ4n) is 3.29. The van der Waals surface area contributed by atoms with E-state index < -0.39 is 0 Å². The van der Waals surface area contributed by atoms with E-state index in [1.165, 1.54) is 5.57 Å². The van der Waals surface area contributed by atoms with Crippen LogP contribution in [0.3, 0.4) is 0 Å². The van der Waals surface area contributed by atoms with Gasteiger partial charge in [-0.1, -0.05) is 42.5 Å². The second kappa shape index (κ2) is 15.7. The Bertz CT molecular complexity index is 502. The molecule has 5 heteroatoms. The summed E-state index contributed by atoms with van der Waals surface area (Å²) >= 11 is 0. The van der Waals surface area contributed by atoms with E-state index in [0.717, 1.165) is 84.8 Å². The summed E-state index contributed by atoms with van der Waals surface area (Å²) in [4.78, 5) is 2.49. The molecule has 28 heavy (non-hydrogen) atoms. The van der Waals surface area contributed by atoms with Crippen molar-refractivity contribution in [2.75, 3.05) is 65.8 Å². The van der Waals surface area contributed by atoms with Gasteiger partial charge in [0.05, 0.1) is 13.2 Å². The van der Waals surface area contributed by atoms with E-state index in [4.69, 9.17) is 14.6 Å². The van der Waals surface area contributed by atoms with E-state index >= 15 is 0 Å². The molecule has 0 spiro atoms. The van der Waals surface area contributed by atoms with Crippen molar-refractivity contribution in [2.45, 2.75) is 25.7 Å². The molecule has 2 aliphatic carbocycles. The highest BCUT2D eigenvalue weighted by atomic mass is 16.5. The van der Waals surface area contributed by atoms with Gasteiger partial charge in [0.1, 0.15) is 0 Å². The average Bonchev–Trinajstić information content (AvgIpc) is 3.40. The SMILES string of the molecule is OCCCNCCN(CCCOCC1=CCC=C1)CCCOCC1C=CC=C1. The second-order valence-corrected chi connectivity index (χ2v) is 7.35. The molecule has 0 aromatic rings. The van der Waals surface area contributed by atoms with Gasteiger partial charge in [0, 0.05) is 51.9 Å². The number of nitrogens with zero attached hydrogens (tertiary/aromatic N) is 1. The Balaban J connectivity index is 1.54. The number of rotatable bonds is 18. The number of ether oxygens (including phenoxy) is 2. The van der Waals surface area contributed by atoms with Gasteiger partial charge in [0.15, 0.2) is 0 Å². The Morgan fingerprint density at radius 3 is 2.50 bits per heavy atom. The summed E-state index contributed by atoms with van der Waals surface area (Å²) in [5, 5.41) is 12.3. The lowest BCUT2D eigenvalue weighted by atomic mass is 10.2. The molecule has 2 N–H and O–H groups in total. The summed E-state index contributed by atoms with van der Waals surface area (Å²) in [5.41, 5.74) is 1.30. The quantitative estimate of drug-likeness (QED) is 0.353. The number of hydrogen-bond donors (Lipinski definition) is 2. The Morgan fingerprint density at radius 2 is 1.79 bits per heavy atom. The first-order valence-corrected chi connectivity index (χ1v) is 10.8. The summed E-state index contributed by atoms with van der Waals surface area (Å²) in [5.74, 6) is 0.453. The molecule has 158 valence electrons. The van der Waals surface area contributed by atoms with Crippen LogP contribution in [0.25, 0.3) is 0 Å². The molecule has 2 aliphatic rings. The van der Waals surface area contributed by atoms with Crippen LogP contribution >= 0.6 is 0 Å². The maximum absolute atomic E-state index is 8.87. The minimum Gasteiger partial charge on any atom is -0.396 e. The first kappa shape index (κ1) is 23.0. The van der Waals surface area contributed by atoms with Crippen LogP contribution < -0.4 is 5.32 Å². The van der Waals surface area contributed by atoms with E-state index in [1.54, 1.807) is 0 Å². The summed E-state index contributed by atoms with van der Waals surface area (Å²) in [6.45, 7) is 8.33. The molecule has 0 saturated heterocycles. The first-order valence-electron chi connectivity index (χ1n) is 10.8. The molecule has 0 bridgehead atoms. The zero-order chi connectivity index (χ0) is 19.7. The Kier molecular flexibility index (Phi) is 12.9. The number of hydrogen-bond acceptors (Lipinski definition) is 5. The van der Waals surface area contributed by atoms with Crippen molar-refractivity contribution in [1.29, 1.82) is 0 Å². The molecule has 0 atom stereocenters. The van der Waals surface area contributed by atoms with Crippen LogP contribution in [0.2, 0.25) is 0 Å². The van der Waals surface area contributed by atoms with Crippen molar-refractivity contribution in [2.24, 2.45) is 5.92 Å². The van der Waals surface area contributed by atoms with Gasteiger partial charge in [-0.3, -0.25) is 0 Å². The molecule has 0 unspecified atom stereocenters. The van der Waals surface area contributed by atoms with E-state index in [1.807, 2.05) is 0 Å². The summed E-state index contributed by atoms with van der Waals surface area (Å²) in [6.07, 6.45) is 19.0. The fraction of sp³-hybridized carbons (Fsp3) is 0.652. The predicted octanol–water partition coefficient (Wildman–Crippen LogP) is 2.70. The molecule has 0 fully saturated rings. The fourth-order valence-corrected chi connectivity index (χ4v) is 3.29. The monoisotopic (exact) mass is 390 g/mol. The lowest BCUT2D eigenvalue weighted by Gasteiger charge is -2.22. The average molecular weight is 391 g/mol. The van der Waals surface area contributed by atoms with Crippen LogP contribution in [0.4, 0.5) is 0 Å². The third-order valence-electron chi connectivity index (χ3n) is 4.90. The second-order valence-electron chi connectivity index (χ2n) is 7.35. The topological polar surface area (TPSA) is 54.0 Å². The van der Waals surface area contributed by atoms with Crippen LogP contribution in [0.5, 0.6) is 0 Å². The van der Waals surface area contributed by atoms with Gasteiger partial charge >= 0.3 is 0 Å². The van der Waals surface area contributed by atoms with Crippen LogP contribution in [-0.2, 0) is 9.47 Å². The van der Waals surface area contributed by atoms with Crippen LogP contribution in [0.1, 0.15) is 25.7 Å². The maximum atomic E-state index is 8.87. The normalized spacial score (nSPS) is 16.0. The van der Waals surface area contributed by atoms with Gasteiger partial charge in [0.25, 0.3) is 0 Å². The molecule has 0 aliphatic heterocycles. The highest BCUT2D eigenvalue weighted by molar-refractivity contribution is 5.26. The number of aliphatic hydroxyl groups is 1. The van der Waals surface area contributed by atoms with Crippen molar-refractivity contribution in [1.82, 2.24) is 10.2 Å². The van der Waals surface area contributed by atoms with Gasteiger partial charge < -0.3 is 24.8 Å². The molecule has 0 heterocycles. The Hall–Kier alpha value is -1.24. The van der Waals surface area contributed by atoms with E-state index in [9.17, 15) is 0 Å². The molecule has 0 aromatic heterocycles. The van der Waals surface area contributed by atoms with Crippen molar-refractivity contribution >= 4 is 0 Å². The van der Waals surface area contributed by atoms with Gasteiger partial charge in [-0.05, 0) is 37.8 Å². The molecular weight excluding hydrogens is 352 g/mol. The summed E-state index contributed by atoms with van der Waals surface area (Å²) in [6, 6.07) is 0. The Labute approximate surface area is 170 Å². The molecule has 2 rings (SSSR count). The maximum Gasteiger partial charge on any atom is 0.0713 e. The molecule has 0 radical (unpaired) electrons. The summed E-state index contributed by atoms with van der Waals surface area (Å²) in [7, 11) is 0. The van der Waals surface area contributed by atoms with Gasteiger partial charge in [0.2, 0.25) is 0 Å². The van der Waals surface area contributed by atoms with E-state index in [2.05, 4.69) is 52.7 Å². The van der Waals surface area contributed by atoms with Crippen LogP contribution in [0, 0.1) is 5.92 Å². The zero-order valence-electron chi connectivity index (χ0n) is 17.2. The number of allylic oxidation sites excluding steroid dienone is 4. The number of nitrogens with one attached hydrogen (secondary N) is 1. The third kappa shape index (κ3) is 10.9. The van der Waals surface area contributed by atoms with Crippen molar-refractivity contribution in [3.63, 3.8) is 0 Å².